The predicted molar refractivity (Wildman–Crippen MR) is 48.2 cm³/mol. The molecule has 0 aromatic carbocycles. The minimum absolute atomic E-state index is 0.212. The lowest BCUT2D eigenvalue weighted by Crippen LogP contribution is -2.55. The van der Waals surface area contributed by atoms with Gasteiger partial charge in [0.25, 0.3) is 0 Å². The predicted octanol–water partition coefficient (Wildman–Crippen LogP) is 0.634. The van der Waals surface area contributed by atoms with Gasteiger partial charge in [0.1, 0.15) is 6.04 Å². The van der Waals surface area contributed by atoms with Crippen LogP contribution in [0.3, 0.4) is 0 Å². The summed E-state index contributed by atoms with van der Waals surface area (Å²) in [5, 5.41) is 0. The standard InChI is InChI=1S/C8H14F3N3O/c1-6(8(9,10)11)13-2-4-14(5-3-13)7(12)15/h6H,2-5H2,1H3,(H2,12,15)/t6-/m0/s1. The van der Waals surface area contributed by atoms with Gasteiger partial charge in [-0.2, -0.15) is 13.2 Å². The van der Waals surface area contributed by atoms with Gasteiger partial charge in [-0.1, -0.05) is 0 Å². The van der Waals surface area contributed by atoms with Crippen LogP contribution in [-0.4, -0.2) is 54.2 Å². The van der Waals surface area contributed by atoms with Gasteiger partial charge in [0, 0.05) is 26.2 Å². The maximum atomic E-state index is 12.3. The lowest BCUT2D eigenvalue weighted by molar-refractivity contribution is -0.181. The third-order valence-corrected chi connectivity index (χ3v) is 2.65. The quantitative estimate of drug-likeness (QED) is 0.711. The van der Waals surface area contributed by atoms with Crippen LogP contribution < -0.4 is 5.73 Å². The number of primary amides is 1. The van der Waals surface area contributed by atoms with Crippen LogP contribution in [0.2, 0.25) is 0 Å². The third-order valence-electron chi connectivity index (χ3n) is 2.65. The molecule has 0 bridgehead atoms. The fourth-order valence-corrected chi connectivity index (χ4v) is 1.54. The molecule has 1 aliphatic rings. The van der Waals surface area contributed by atoms with E-state index in [1.54, 1.807) is 0 Å². The van der Waals surface area contributed by atoms with Crippen molar-refractivity contribution in [1.29, 1.82) is 0 Å². The molecule has 0 aromatic heterocycles. The summed E-state index contributed by atoms with van der Waals surface area (Å²) in [4.78, 5) is 13.4. The van der Waals surface area contributed by atoms with E-state index in [-0.39, 0.29) is 26.2 Å². The zero-order chi connectivity index (χ0) is 11.6. The summed E-state index contributed by atoms with van der Waals surface area (Å²) < 4.78 is 37.0. The van der Waals surface area contributed by atoms with Crippen LogP contribution in [0.25, 0.3) is 0 Å². The average Bonchev–Trinajstić information content (AvgIpc) is 2.15. The van der Waals surface area contributed by atoms with E-state index in [0.29, 0.717) is 0 Å². The zero-order valence-electron chi connectivity index (χ0n) is 8.42. The van der Waals surface area contributed by atoms with Gasteiger partial charge in [-0.3, -0.25) is 4.90 Å². The van der Waals surface area contributed by atoms with Gasteiger partial charge in [0.15, 0.2) is 0 Å². The fourth-order valence-electron chi connectivity index (χ4n) is 1.54. The molecule has 1 saturated heterocycles. The highest BCUT2D eigenvalue weighted by Gasteiger charge is 2.40. The summed E-state index contributed by atoms with van der Waals surface area (Å²) in [7, 11) is 0. The first-order valence-corrected chi connectivity index (χ1v) is 4.67. The Bertz CT molecular complexity index is 236. The van der Waals surface area contributed by atoms with Crippen molar-refractivity contribution in [3.63, 3.8) is 0 Å². The molecule has 15 heavy (non-hydrogen) atoms. The molecular weight excluding hydrogens is 211 g/mol. The zero-order valence-corrected chi connectivity index (χ0v) is 8.42. The second-order valence-corrected chi connectivity index (χ2v) is 3.58. The second-order valence-electron chi connectivity index (χ2n) is 3.58. The smallest absolute Gasteiger partial charge is 0.351 e. The summed E-state index contributed by atoms with van der Waals surface area (Å²) in [5.74, 6) is 0. The van der Waals surface area contributed by atoms with Gasteiger partial charge in [-0.25, -0.2) is 4.79 Å². The molecule has 2 N–H and O–H groups in total. The van der Waals surface area contributed by atoms with Crippen LogP contribution in [-0.2, 0) is 0 Å². The summed E-state index contributed by atoms with van der Waals surface area (Å²) in [5.41, 5.74) is 5.02. The average molecular weight is 225 g/mol. The van der Waals surface area contributed by atoms with Crippen molar-refractivity contribution in [2.45, 2.75) is 19.1 Å². The normalized spacial score (nSPS) is 21.5. The number of amides is 2. The van der Waals surface area contributed by atoms with Crippen LogP contribution in [0.1, 0.15) is 6.92 Å². The molecule has 1 rings (SSSR count). The molecule has 0 aliphatic carbocycles. The Kier molecular flexibility index (Phi) is 3.43. The Balaban J connectivity index is 2.47. The van der Waals surface area contributed by atoms with E-state index >= 15 is 0 Å². The van der Waals surface area contributed by atoms with Crippen molar-refractivity contribution < 1.29 is 18.0 Å². The molecule has 1 aliphatic heterocycles. The van der Waals surface area contributed by atoms with E-state index in [2.05, 4.69) is 0 Å². The van der Waals surface area contributed by atoms with Crippen LogP contribution >= 0.6 is 0 Å². The third kappa shape index (κ3) is 2.98. The molecule has 0 aromatic rings. The Morgan fingerprint density at radius 3 is 2.07 bits per heavy atom. The number of piperazine rings is 1. The van der Waals surface area contributed by atoms with E-state index in [4.69, 9.17) is 5.73 Å². The van der Waals surface area contributed by atoms with Crippen LogP contribution in [0.5, 0.6) is 0 Å². The minimum atomic E-state index is -4.21. The molecule has 1 atom stereocenters. The lowest BCUT2D eigenvalue weighted by atomic mass is 10.2. The molecule has 1 heterocycles. The van der Waals surface area contributed by atoms with E-state index in [0.717, 1.165) is 6.92 Å². The van der Waals surface area contributed by atoms with E-state index in [1.165, 1.54) is 9.80 Å². The highest BCUT2D eigenvalue weighted by atomic mass is 19.4. The molecule has 0 radical (unpaired) electrons. The lowest BCUT2D eigenvalue weighted by Gasteiger charge is -2.37. The highest BCUT2D eigenvalue weighted by Crippen LogP contribution is 2.25. The van der Waals surface area contributed by atoms with Crippen molar-refractivity contribution in [2.24, 2.45) is 5.73 Å². The summed E-state index contributed by atoms with van der Waals surface area (Å²) in [6.45, 7) is 2.07. The number of hydrogen-bond donors (Lipinski definition) is 1. The Labute approximate surface area is 85.8 Å². The van der Waals surface area contributed by atoms with E-state index in [9.17, 15) is 18.0 Å². The van der Waals surface area contributed by atoms with Crippen molar-refractivity contribution in [3.8, 4) is 0 Å². The van der Waals surface area contributed by atoms with Crippen molar-refractivity contribution >= 4 is 6.03 Å². The first kappa shape index (κ1) is 12.1. The molecule has 88 valence electrons. The minimum Gasteiger partial charge on any atom is -0.351 e. The molecule has 1 fully saturated rings. The Hall–Kier alpha value is -0.980. The molecule has 0 spiro atoms. The van der Waals surface area contributed by atoms with Crippen molar-refractivity contribution in [1.82, 2.24) is 9.80 Å². The molecule has 2 amide bonds. The first-order chi connectivity index (χ1) is 6.82. The Morgan fingerprint density at radius 1 is 1.27 bits per heavy atom. The fraction of sp³-hybridized carbons (Fsp3) is 0.875. The first-order valence-electron chi connectivity index (χ1n) is 4.67. The van der Waals surface area contributed by atoms with E-state index < -0.39 is 18.2 Å². The number of nitrogens with zero attached hydrogens (tertiary/aromatic N) is 2. The van der Waals surface area contributed by atoms with E-state index in [1.807, 2.05) is 0 Å². The second kappa shape index (κ2) is 4.26. The molecular formula is C8H14F3N3O. The largest absolute Gasteiger partial charge is 0.403 e. The Morgan fingerprint density at radius 2 is 1.73 bits per heavy atom. The van der Waals surface area contributed by atoms with Gasteiger partial charge in [-0.15, -0.1) is 0 Å². The van der Waals surface area contributed by atoms with Crippen LogP contribution in [0.4, 0.5) is 18.0 Å². The molecule has 0 unspecified atom stereocenters. The number of urea groups is 1. The molecule has 7 heteroatoms. The van der Waals surface area contributed by atoms with Gasteiger partial charge >= 0.3 is 12.2 Å². The highest BCUT2D eigenvalue weighted by molar-refractivity contribution is 5.72. The topological polar surface area (TPSA) is 49.6 Å². The number of carbonyl (C=O) groups is 1. The maximum absolute atomic E-state index is 12.3. The molecule has 4 nitrogen and oxygen atoms in total. The maximum Gasteiger partial charge on any atom is 0.403 e. The van der Waals surface area contributed by atoms with Gasteiger partial charge in [0.2, 0.25) is 0 Å². The summed E-state index contributed by atoms with van der Waals surface area (Å²) in [6, 6.07) is -2.04. The SMILES string of the molecule is C[C@H](N1CCN(C(N)=O)CC1)C(F)(F)F. The van der Waals surface area contributed by atoms with Gasteiger partial charge < -0.3 is 10.6 Å². The number of alkyl halides is 3. The monoisotopic (exact) mass is 225 g/mol. The van der Waals surface area contributed by atoms with Crippen LogP contribution in [0, 0.1) is 0 Å². The van der Waals surface area contributed by atoms with Crippen LogP contribution in [0.15, 0.2) is 0 Å². The van der Waals surface area contributed by atoms with Gasteiger partial charge in [0.05, 0.1) is 0 Å². The number of halogens is 3. The van der Waals surface area contributed by atoms with Gasteiger partial charge in [-0.05, 0) is 6.92 Å². The number of rotatable bonds is 1. The summed E-state index contributed by atoms with van der Waals surface area (Å²) in [6.07, 6.45) is -4.21. The molecule has 0 saturated carbocycles. The van der Waals surface area contributed by atoms with Crippen molar-refractivity contribution in [3.05, 3.63) is 0 Å². The number of carbonyl (C=O) groups excluding carboxylic acids is 1. The summed E-state index contributed by atoms with van der Waals surface area (Å²) >= 11 is 0. The number of hydrogen-bond acceptors (Lipinski definition) is 2. The number of nitrogens with two attached hydrogens (primary N) is 1. The van der Waals surface area contributed by atoms with Crippen molar-refractivity contribution in [2.75, 3.05) is 26.2 Å².